The van der Waals surface area contributed by atoms with E-state index < -0.39 is 0 Å². The number of carbonyl (C=O) groups excluding carboxylic acids is 2. The maximum absolute atomic E-state index is 12.8. The van der Waals surface area contributed by atoms with Gasteiger partial charge in [0.2, 0.25) is 11.8 Å². The number of anilines is 1. The summed E-state index contributed by atoms with van der Waals surface area (Å²) in [6.45, 7) is 7.15. The van der Waals surface area contributed by atoms with Gasteiger partial charge in [-0.2, -0.15) is 0 Å². The van der Waals surface area contributed by atoms with Crippen molar-refractivity contribution in [3.8, 4) is 5.75 Å². The summed E-state index contributed by atoms with van der Waals surface area (Å²) in [4.78, 5) is 29.6. The van der Waals surface area contributed by atoms with Crippen molar-refractivity contribution in [2.45, 2.75) is 51.5 Å². The van der Waals surface area contributed by atoms with Crippen LogP contribution in [0.25, 0.3) is 0 Å². The largest absolute Gasteiger partial charge is 0.490 e. The molecule has 28 heavy (non-hydrogen) atoms. The van der Waals surface area contributed by atoms with E-state index in [4.69, 9.17) is 4.74 Å². The average molecular weight is 386 g/mol. The molecule has 0 aromatic heterocycles. The van der Waals surface area contributed by atoms with Crippen molar-refractivity contribution in [2.75, 3.05) is 38.1 Å². The number of ether oxygens (including phenoxy) is 1. The third-order valence-electron chi connectivity index (χ3n) is 6.34. The van der Waals surface area contributed by atoms with E-state index in [1.54, 1.807) is 0 Å². The molecule has 2 fully saturated rings. The molecular weight excluding hydrogens is 354 g/mol. The fourth-order valence-electron chi connectivity index (χ4n) is 4.58. The highest BCUT2D eigenvalue weighted by Crippen LogP contribution is 2.31. The van der Waals surface area contributed by atoms with Crippen molar-refractivity contribution >= 4 is 17.5 Å². The summed E-state index contributed by atoms with van der Waals surface area (Å²) in [6, 6.07) is 6.06. The monoisotopic (exact) mass is 385 g/mol. The van der Waals surface area contributed by atoms with Gasteiger partial charge < -0.3 is 15.0 Å². The first-order valence-electron chi connectivity index (χ1n) is 10.6. The van der Waals surface area contributed by atoms with Gasteiger partial charge >= 0.3 is 0 Å². The van der Waals surface area contributed by atoms with Crippen molar-refractivity contribution in [1.82, 2.24) is 9.80 Å². The number of benzene rings is 1. The predicted molar refractivity (Wildman–Crippen MR) is 109 cm³/mol. The molecule has 0 unspecified atom stereocenters. The summed E-state index contributed by atoms with van der Waals surface area (Å²) in [6.07, 6.45) is 4.37. The Hall–Kier alpha value is -2.08. The minimum Gasteiger partial charge on any atom is -0.490 e. The van der Waals surface area contributed by atoms with Crippen LogP contribution in [0.4, 0.5) is 5.69 Å². The Kier molecular flexibility index (Phi) is 5.58. The van der Waals surface area contributed by atoms with Gasteiger partial charge in [-0.1, -0.05) is 32.8 Å². The summed E-state index contributed by atoms with van der Waals surface area (Å²) >= 11 is 0. The quantitative estimate of drug-likeness (QED) is 0.850. The van der Waals surface area contributed by atoms with Crippen LogP contribution >= 0.6 is 0 Å². The molecule has 6 heteroatoms. The number of carbonyl (C=O) groups is 2. The third kappa shape index (κ3) is 4.02. The van der Waals surface area contributed by atoms with E-state index in [1.807, 2.05) is 17.0 Å². The molecule has 1 aromatic rings. The van der Waals surface area contributed by atoms with Gasteiger partial charge in [0.05, 0.1) is 18.3 Å². The van der Waals surface area contributed by atoms with Crippen LogP contribution in [0.15, 0.2) is 18.2 Å². The van der Waals surface area contributed by atoms with Gasteiger partial charge in [-0.15, -0.1) is 0 Å². The van der Waals surface area contributed by atoms with Gasteiger partial charge in [0.25, 0.3) is 0 Å². The Morgan fingerprint density at radius 3 is 2.75 bits per heavy atom. The second-order valence-corrected chi connectivity index (χ2v) is 8.66. The first kappa shape index (κ1) is 19.2. The van der Waals surface area contributed by atoms with Crippen LogP contribution in [-0.2, 0) is 9.59 Å². The standard InChI is InChI=1S/C22H31N3O3/c1-15(2)17-7-8-20-19(11-17)23-21(26)13-24-9-10-25(12-18(24)14-28-20)22(27)16-5-3-4-6-16/h7-8,11,15-16,18H,3-6,9-10,12-14H2,1-2H3,(H,23,26)/t18-/m0/s1. The van der Waals surface area contributed by atoms with E-state index in [2.05, 4.69) is 30.1 Å². The van der Waals surface area contributed by atoms with E-state index in [-0.39, 0.29) is 17.9 Å². The summed E-state index contributed by atoms with van der Waals surface area (Å²) in [7, 11) is 0. The molecule has 4 rings (SSSR count). The van der Waals surface area contributed by atoms with Gasteiger partial charge in [-0.25, -0.2) is 0 Å². The molecule has 6 nitrogen and oxygen atoms in total. The highest BCUT2D eigenvalue weighted by Gasteiger charge is 2.35. The predicted octanol–water partition coefficient (Wildman–Crippen LogP) is 2.84. The number of piperazine rings is 1. The fourth-order valence-corrected chi connectivity index (χ4v) is 4.58. The molecule has 0 radical (unpaired) electrons. The Bertz CT molecular complexity index is 743. The van der Waals surface area contributed by atoms with Crippen LogP contribution in [-0.4, -0.2) is 60.4 Å². The minimum atomic E-state index is -0.0202. The molecule has 3 aliphatic rings. The Labute approximate surface area is 167 Å². The topological polar surface area (TPSA) is 61.9 Å². The van der Waals surface area contributed by atoms with Crippen molar-refractivity contribution in [2.24, 2.45) is 5.92 Å². The molecule has 2 heterocycles. The summed E-state index contributed by atoms with van der Waals surface area (Å²) in [5, 5.41) is 3.02. The van der Waals surface area contributed by atoms with Gasteiger partial charge in [0.1, 0.15) is 12.4 Å². The van der Waals surface area contributed by atoms with Crippen molar-refractivity contribution < 1.29 is 14.3 Å². The molecule has 0 spiro atoms. The van der Waals surface area contributed by atoms with Crippen molar-refractivity contribution in [1.29, 1.82) is 0 Å². The van der Waals surface area contributed by atoms with Gasteiger partial charge in [-0.3, -0.25) is 14.5 Å². The normalized spacial score (nSPS) is 23.9. The van der Waals surface area contributed by atoms with E-state index in [0.29, 0.717) is 50.4 Å². The smallest absolute Gasteiger partial charge is 0.238 e. The lowest BCUT2D eigenvalue weighted by Crippen LogP contribution is -2.58. The van der Waals surface area contributed by atoms with Crippen LogP contribution in [0.3, 0.4) is 0 Å². The second kappa shape index (κ2) is 8.11. The lowest BCUT2D eigenvalue weighted by atomic mass is 10.0. The lowest BCUT2D eigenvalue weighted by molar-refractivity contribution is -0.139. The van der Waals surface area contributed by atoms with Crippen molar-refractivity contribution in [3.63, 3.8) is 0 Å². The summed E-state index contributed by atoms with van der Waals surface area (Å²) in [5.74, 6) is 1.56. The van der Waals surface area contributed by atoms with E-state index in [1.165, 1.54) is 5.56 Å². The molecular formula is C22H31N3O3. The Balaban J connectivity index is 1.50. The van der Waals surface area contributed by atoms with Crippen LogP contribution in [0, 0.1) is 5.92 Å². The number of hydrogen-bond acceptors (Lipinski definition) is 4. The van der Waals surface area contributed by atoms with E-state index in [9.17, 15) is 9.59 Å². The Morgan fingerprint density at radius 1 is 1.21 bits per heavy atom. The van der Waals surface area contributed by atoms with Gasteiger partial charge in [0, 0.05) is 25.6 Å². The van der Waals surface area contributed by atoms with Crippen LogP contribution in [0.5, 0.6) is 5.75 Å². The lowest BCUT2D eigenvalue weighted by Gasteiger charge is -2.41. The van der Waals surface area contributed by atoms with Crippen LogP contribution < -0.4 is 10.1 Å². The number of amides is 2. The summed E-state index contributed by atoms with van der Waals surface area (Å²) in [5.41, 5.74) is 1.92. The maximum Gasteiger partial charge on any atom is 0.238 e. The van der Waals surface area contributed by atoms with E-state index >= 15 is 0 Å². The highest BCUT2D eigenvalue weighted by atomic mass is 16.5. The zero-order valence-corrected chi connectivity index (χ0v) is 16.9. The first-order valence-corrected chi connectivity index (χ1v) is 10.6. The molecule has 152 valence electrons. The molecule has 1 N–H and O–H groups in total. The zero-order valence-electron chi connectivity index (χ0n) is 16.9. The second-order valence-electron chi connectivity index (χ2n) is 8.66. The molecule has 1 aromatic carbocycles. The summed E-state index contributed by atoms with van der Waals surface area (Å²) < 4.78 is 6.12. The fraction of sp³-hybridized carbons (Fsp3) is 0.636. The SMILES string of the molecule is CC(C)c1ccc2c(c1)NC(=O)CN1CCN(C(=O)C3CCCC3)C[C@H]1CO2. The number of nitrogens with one attached hydrogen (secondary N) is 1. The molecule has 2 amide bonds. The molecule has 1 atom stereocenters. The molecule has 1 saturated heterocycles. The number of nitrogens with zero attached hydrogens (tertiary/aromatic N) is 2. The third-order valence-corrected chi connectivity index (χ3v) is 6.34. The van der Waals surface area contributed by atoms with Crippen LogP contribution in [0.1, 0.15) is 51.0 Å². The molecule has 2 aliphatic heterocycles. The average Bonchev–Trinajstić information content (AvgIpc) is 3.22. The number of fused-ring (bicyclic) bond motifs is 2. The van der Waals surface area contributed by atoms with Gasteiger partial charge in [-0.05, 0) is 36.5 Å². The van der Waals surface area contributed by atoms with Gasteiger partial charge in [0.15, 0.2) is 0 Å². The number of rotatable bonds is 2. The Morgan fingerprint density at radius 2 is 2.00 bits per heavy atom. The molecule has 1 saturated carbocycles. The molecule has 1 aliphatic carbocycles. The number of hydrogen-bond donors (Lipinski definition) is 1. The van der Waals surface area contributed by atoms with Crippen molar-refractivity contribution in [3.05, 3.63) is 23.8 Å². The van der Waals surface area contributed by atoms with E-state index in [0.717, 1.165) is 31.4 Å². The first-order chi connectivity index (χ1) is 13.5. The minimum absolute atomic E-state index is 0.0202. The maximum atomic E-state index is 12.8. The molecule has 0 bridgehead atoms. The highest BCUT2D eigenvalue weighted by molar-refractivity contribution is 5.94. The zero-order chi connectivity index (χ0) is 19.7. The van der Waals surface area contributed by atoms with Crippen LogP contribution in [0.2, 0.25) is 0 Å².